The molecule has 0 N–H and O–H groups in total. The Hall–Kier alpha value is -2.92. The van der Waals surface area contributed by atoms with E-state index in [1.165, 1.54) is 10.4 Å². The minimum Gasteiger partial charge on any atom is -0.424 e. The number of likely N-dealkylation sites (tertiary alicyclic amines) is 1. The summed E-state index contributed by atoms with van der Waals surface area (Å²) >= 11 is 7.95. The maximum absolute atomic E-state index is 6.22. The number of halogens is 1. The first-order valence-corrected chi connectivity index (χ1v) is 13.7. The summed E-state index contributed by atoms with van der Waals surface area (Å²) in [4.78, 5) is 8.90. The third kappa shape index (κ3) is 3.94. The Morgan fingerprint density at radius 1 is 1.05 bits per heavy atom. The van der Waals surface area contributed by atoms with Crippen LogP contribution in [-0.2, 0) is 17.7 Å². The lowest BCUT2D eigenvalue weighted by molar-refractivity contribution is 0.0240. The number of benzene rings is 1. The van der Waals surface area contributed by atoms with Gasteiger partial charge in [0.25, 0.3) is 0 Å². The van der Waals surface area contributed by atoms with Crippen LogP contribution in [0.2, 0.25) is 5.02 Å². The predicted molar refractivity (Wildman–Crippen MR) is 140 cm³/mol. The minimum absolute atomic E-state index is 0.335. The van der Waals surface area contributed by atoms with Gasteiger partial charge in [-0.2, -0.15) is 0 Å². The normalized spacial score (nSPS) is 22.7. The molecule has 2 saturated heterocycles. The smallest absolute Gasteiger partial charge is 0.230 e. The van der Waals surface area contributed by atoms with E-state index in [0.29, 0.717) is 41.9 Å². The van der Waals surface area contributed by atoms with E-state index in [-0.39, 0.29) is 6.04 Å². The molecule has 0 saturated carbocycles. The third-order valence-corrected chi connectivity index (χ3v) is 9.03. The van der Waals surface area contributed by atoms with E-state index in [4.69, 9.17) is 25.7 Å². The average Bonchev–Trinajstić information content (AvgIpc) is 3.70. The summed E-state index contributed by atoms with van der Waals surface area (Å²) < 4.78 is 14.0. The van der Waals surface area contributed by atoms with Gasteiger partial charge in [-0.25, -0.2) is 0 Å². The van der Waals surface area contributed by atoms with Crippen LogP contribution in [0.4, 0.5) is 0 Å². The number of aromatic nitrogens is 5. The second-order valence-electron chi connectivity index (χ2n) is 9.97. The molecule has 4 aromatic rings. The van der Waals surface area contributed by atoms with Crippen molar-refractivity contribution in [2.75, 3.05) is 13.2 Å². The molecule has 3 aliphatic heterocycles. The number of fused-ring (bicyclic) bond motifs is 5. The maximum atomic E-state index is 6.22. The third-order valence-electron chi connectivity index (χ3n) is 7.59. The molecule has 1 aromatic carbocycles. The maximum Gasteiger partial charge on any atom is 0.230 e. The average molecular weight is 536 g/mol. The predicted octanol–water partition coefficient (Wildman–Crippen LogP) is 4.40. The van der Waals surface area contributed by atoms with Gasteiger partial charge in [-0.3, -0.25) is 14.5 Å². The quantitative estimate of drug-likeness (QED) is 0.374. The number of hydrogen-bond donors (Lipinski definition) is 0. The van der Waals surface area contributed by atoms with Crippen LogP contribution >= 0.6 is 22.9 Å². The van der Waals surface area contributed by atoms with Gasteiger partial charge in [0.2, 0.25) is 11.8 Å². The second kappa shape index (κ2) is 8.83. The largest absolute Gasteiger partial charge is 0.424 e. The van der Waals surface area contributed by atoms with Crippen molar-refractivity contribution < 1.29 is 9.15 Å². The van der Waals surface area contributed by atoms with E-state index >= 15 is 0 Å². The van der Waals surface area contributed by atoms with Crippen LogP contribution in [0.1, 0.15) is 57.5 Å². The molecule has 2 fully saturated rings. The fourth-order valence-electron chi connectivity index (χ4n) is 5.58. The first-order valence-electron chi connectivity index (χ1n) is 12.5. The highest BCUT2D eigenvalue weighted by atomic mass is 35.5. The highest BCUT2D eigenvalue weighted by Gasteiger charge is 2.39. The van der Waals surface area contributed by atoms with E-state index in [1.807, 2.05) is 31.2 Å². The first-order chi connectivity index (χ1) is 17.9. The Kier molecular flexibility index (Phi) is 5.54. The molecule has 0 radical (unpaired) electrons. The number of thiophene rings is 1. The highest BCUT2D eigenvalue weighted by molar-refractivity contribution is 7.15. The number of aliphatic imine (C=N–C) groups is 1. The van der Waals surface area contributed by atoms with Crippen LogP contribution in [0, 0.1) is 20.8 Å². The lowest BCUT2D eigenvalue weighted by atomic mass is 9.99. The summed E-state index contributed by atoms with van der Waals surface area (Å²) in [5.41, 5.74) is 4.23. The molecule has 190 valence electrons. The molecule has 37 heavy (non-hydrogen) atoms. The Morgan fingerprint density at radius 2 is 1.86 bits per heavy atom. The summed E-state index contributed by atoms with van der Waals surface area (Å²) in [7, 11) is 0. The molecule has 9 nitrogen and oxygen atoms in total. The highest BCUT2D eigenvalue weighted by Crippen LogP contribution is 2.39. The van der Waals surface area contributed by atoms with Gasteiger partial charge in [-0.15, -0.1) is 31.7 Å². The van der Waals surface area contributed by atoms with Gasteiger partial charge < -0.3 is 9.15 Å². The SMILES string of the molecule is Cc1sc2c(c1C)C(c1ccc(Cl)cc1)=N[C@@H](Cc1nnc(CN3CC4CC3CO4)o1)c1nnc(C)n1-2. The van der Waals surface area contributed by atoms with E-state index in [1.54, 1.807) is 11.3 Å². The van der Waals surface area contributed by atoms with Crippen molar-refractivity contribution in [3.05, 3.63) is 74.3 Å². The van der Waals surface area contributed by atoms with Crippen LogP contribution in [-0.4, -0.2) is 60.9 Å². The van der Waals surface area contributed by atoms with Gasteiger partial charge in [-0.1, -0.05) is 23.7 Å². The molecule has 3 aliphatic rings. The zero-order valence-corrected chi connectivity index (χ0v) is 22.4. The zero-order chi connectivity index (χ0) is 25.3. The molecule has 0 amide bonds. The monoisotopic (exact) mass is 535 g/mol. The van der Waals surface area contributed by atoms with Gasteiger partial charge >= 0.3 is 0 Å². The lowest BCUT2D eigenvalue weighted by Crippen LogP contribution is -2.36. The Labute approximate surface area is 223 Å². The number of ether oxygens (including phenoxy) is 1. The van der Waals surface area contributed by atoms with Crippen LogP contribution in [0.5, 0.6) is 0 Å². The standard InChI is InChI=1S/C26H26ClN7O2S/c1-13-14(2)37-26-23(13)24(16-4-6-17(27)7-5-16)28-20(25-32-29-15(3)34(25)26)9-21-30-31-22(36-21)11-33-10-19-8-18(33)12-35-19/h4-7,18-20H,8-12H2,1-3H3/t18?,19?,20-/m0/s1. The van der Waals surface area contributed by atoms with Crippen LogP contribution in [0.25, 0.3) is 5.00 Å². The van der Waals surface area contributed by atoms with Crippen molar-refractivity contribution in [3.63, 3.8) is 0 Å². The number of aryl methyl sites for hydroxylation is 2. The van der Waals surface area contributed by atoms with Crippen molar-refractivity contribution in [1.29, 1.82) is 0 Å². The fraction of sp³-hybridized carbons (Fsp3) is 0.423. The molecule has 3 atom stereocenters. The van der Waals surface area contributed by atoms with Crippen molar-refractivity contribution in [2.24, 2.45) is 4.99 Å². The molecule has 2 bridgehead atoms. The molecule has 0 spiro atoms. The van der Waals surface area contributed by atoms with E-state index in [2.05, 4.69) is 43.7 Å². The van der Waals surface area contributed by atoms with E-state index in [9.17, 15) is 0 Å². The molecular weight excluding hydrogens is 510 g/mol. The first kappa shape index (κ1) is 23.2. The zero-order valence-electron chi connectivity index (χ0n) is 20.8. The number of hydrogen-bond acceptors (Lipinski definition) is 9. The van der Waals surface area contributed by atoms with E-state index in [0.717, 1.165) is 53.1 Å². The summed E-state index contributed by atoms with van der Waals surface area (Å²) in [6.07, 6.45) is 1.86. The molecular formula is C26H26ClN7O2S. The van der Waals surface area contributed by atoms with E-state index < -0.39 is 0 Å². The number of nitrogens with zero attached hydrogens (tertiary/aromatic N) is 7. The Balaban J connectivity index is 1.27. The second-order valence-corrected chi connectivity index (χ2v) is 11.6. The summed E-state index contributed by atoms with van der Waals surface area (Å²) in [6, 6.07) is 7.95. The lowest BCUT2D eigenvalue weighted by Gasteiger charge is -2.24. The van der Waals surface area contributed by atoms with Crippen molar-refractivity contribution in [1.82, 2.24) is 29.9 Å². The fourth-order valence-corrected chi connectivity index (χ4v) is 6.92. The van der Waals surface area contributed by atoms with Crippen molar-refractivity contribution in [3.8, 4) is 5.00 Å². The van der Waals surface area contributed by atoms with Gasteiger partial charge in [0, 0.05) is 33.6 Å². The topological polar surface area (TPSA) is 94.5 Å². The summed E-state index contributed by atoms with van der Waals surface area (Å²) in [6.45, 7) is 8.62. The Morgan fingerprint density at radius 3 is 2.62 bits per heavy atom. The molecule has 0 aliphatic carbocycles. The Bertz CT molecular complexity index is 1520. The van der Waals surface area contributed by atoms with Gasteiger partial charge in [0.15, 0.2) is 5.82 Å². The van der Waals surface area contributed by atoms with Gasteiger partial charge in [0.1, 0.15) is 16.9 Å². The molecule has 11 heteroatoms. The molecule has 6 heterocycles. The molecule has 3 aromatic heterocycles. The minimum atomic E-state index is -0.337. The summed E-state index contributed by atoms with van der Waals surface area (Å²) in [5, 5.41) is 19.5. The van der Waals surface area contributed by atoms with Crippen molar-refractivity contribution in [2.45, 2.75) is 58.3 Å². The van der Waals surface area contributed by atoms with Crippen LogP contribution in [0.15, 0.2) is 33.7 Å². The number of rotatable bonds is 5. The summed E-state index contributed by atoms with van der Waals surface area (Å²) in [5.74, 6) is 2.77. The molecule has 2 unspecified atom stereocenters. The molecule has 7 rings (SSSR count). The number of morpholine rings is 1. The van der Waals surface area contributed by atoms with Crippen LogP contribution in [0.3, 0.4) is 0 Å². The van der Waals surface area contributed by atoms with Crippen molar-refractivity contribution >= 4 is 28.6 Å². The van der Waals surface area contributed by atoms with Gasteiger partial charge in [0.05, 0.1) is 31.4 Å². The van der Waals surface area contributed by atoms with Crippen LogP contribution < -0.4 is 0 Å². The van der Waals surface area contributed by atoms with Gasteiger partial charge in [-0.05, 0) is 44.9 Å².